The smallest absolute Gasteiger partial charge is 0.307 e. The van der Waals surface area contributed by atoms with Gasteiger partial charge in [0, 0.05) is 17.5 Å². The summed E-state index contributed by atoms with van der Waals surface area (Å²) in [4.78, 5) is 19.5. The van der Waals surface area contributed by atoms with Crippen LogP contribution in [0.5, 0.6) is 0 Å². The summed E-state index contributed by atoms with van der Waals surface area (Å²) in [6, 6.07) is 0. The van der Waals surface area contributed by atoms with Crippen LogP contribution in [-0.2, 0) is 21.5 Å². The van der Waals surface area contributed by atoms with Crippen LogP contribution in [0.1, 0.15) is 30.5 Å². The molecule has 0 fully saturated rings. The van der Waals surface area contributed by atoms with Gasteiger partial charge in [-0.1, -0.05) is 0 Å². The van der Waals surface area contributed by atoms with Crippen molar-refractivity contribution in [1.29, 1.82) is 0 Å². The molecular formula is C11H15N3O2. The second-order valence-electron chi connectivity index (χ2n) is 4.15. The number of aryl methyl sites for hydroxylation is 1. The van der Waals surface area contributed by atoms with Crippen LogP contribution in [0.25, 0.3) is 0 Å². The molecule has 16 heavy (non-hydrogen) atoms. The van der Waals surface area contributed by atoms with Gasteiger partial charge in [-0.25, -0.2) is 9.97 Å². The molecule has 5 nitrogen and oxygen atoms in total. The summed E-state index contributed by atoms with van der Waals surface area (Å²) in [6.07, 6.45) is 6.02. The molecule has 0 amide bonds. The number of aromatic nitrogens is 2. The summed E-state index contributed by atoms with van der Waals surface area (Å²) in [6.45, 7) is 0. The van der Waals surface area contributed by atoms with Crippen molar-refractivity contribution in [1.82, 2.24) is 9.97 Å². The molecule has 1 aromatic heterocycles. The Morgan fingerprint density at radius 2 is 2.50 bits per heavy atom. The van der Waals surface area contributed by atoms with Crippen LogP contribution in [0.15, 0.2) is 12.5 Å². The third-order valence-corrected chi connectivity index (χ3v) is 3.06. The minimum absolute atomic E-state index is 0.184. The van der Waals surface area contributed by atoms with Gasteiger partial charge in [0.15, 0.2) is 0 Å². The lowest BCUT2D eigenvalue weighted by Crippen LogP contribution is -2.42. The summed E-state index contributed by atoms with van der Waals surface area (Å²) in [7, 11) is 1.37. The second-order valence-corrected chi connectivity index (χ2v) is 4.15. The number of methoxy groups -OCH3 is 1. The number of esters is 1. The first-order valence-electron chi connectivity index (χ1n) is 5.31. The number of carbonyl (C=O) groups excluding carboxylic acids is 1. The van der Waals surface area contributed by atoms with Crippen molar-refractivity contribution in [3.8, 4) is 0 Å². The Morgan fingerprint density at radius 3 is 3.25 bits per heavy atom. The fourth-order valence-electron chi connectivity index (χ4n) is 2.19. The first-order valence-corrected chi connectivity index (χ1v) is 5.31. The highest BCUT2D eigenvalue weighted by Crippen LogP contribution is 2.34. The molecule has 5 heteroatoms. The SMILES string of the molecule is COC(=O)CC1(N)CCCc2ncncc21. The molecule has 1 atom stereocenters. The molecule has 0 bridgehead atoms. The zero-order valence-electron chi connectivity index (χ0n) is 9.27. The van der Waals surface area contributed by atoms with Gasteiger partial charge in [0.1, 0.15) is 6.33 Å². The Morgan fingerprint density at radius 1 is 1.69 bits per heavy atom. The van der Waals surface area contributed by atoms with E-state index < -0.39 is 5.54 Å². The average molecular weight is 221 g/mol. The summed E-state index contributed by atoms with van der Waals surface area (Å²) >= 11 is 0. The monoisotopic (exact) mass is 221 g/mol. The largest absolute Gasteiger partial charge is 0.469 e. The minimum atomic E-state index is -0.665. The molecule has 1 aliphatic carbocycles. The molecule has 2 rings (SSSR count). The lowest BCUT2D eigenvalue weighted by molar-refractivity contribution is -0.142. The highest BCUT2D eigenvalue weighted by atomic mass is 16.5. The summed E-state index contributed by atoms with van der Waals surface area (Å²) < 4.78 is 4.67. The van der Waals surface area contributed by atoms with Crippen LogP contribution in [0, 0.1) is 0 Å². The molecule has 1 heterocycles. The van der Waals surface area contributed by atoms with Gasteiger partial charge in [-0.15, -0.1) is 0 Å². The second kappa shape index (κ2) is 4.17. The van der Waals surface area contributed by atoms with E-state index in [9.17, 15) is 4.79 Å². The van der Waals surface area contributed by atoms with Crippen molar-refractivity contribution in [2.24, 2.45) is 5.73 Å². The van der Waals surface area contributed by atoms with Gasteiger partial charge in [0.25, 0.3) is 0 Å². The van der Waals surface area contributed by atoms with Gasteiger partial charge < -0.3 is 10.5 Å². The van der Waals surface area contributed by atoms with Crippen LogP contribution in [0.4, 0.5) is 0 Å². The van der Waals surface area contributed by atoms with Crippen LogP contribution in [-0.4, -0.2) is 23.0 Å². The van der Waals surface area contributed by atoms with Crippen molar-refractivity contribution in [2.45, 2.75) is 31.2 Å². The highest BCUT2D eigenvalue weighted by molar-refractivity contribution is 5.71. The van der Waals surface area contributed by atoms with Crippen molar-refractivity contribution >= 4 is 5.97 Å². The van der Waals surface area contributed by atoms with E-state index in [0.29, 0.717) is 0 Å². The van der Waals surface area contributed by atoms with Crippen molar-refractivity contribution in [3.05, 3.63) is 23.8 Å². The molecular weight excluding hydrogens is 206 g/mol. The number of hydrogen-bond donors (Lipinski definition) is 1. The zero-order valence-corrected chi connectivity index (χ0v) is 9.27. The number of ether oxygens (including phenoxy) is 1. The standard InChI is InChI=1S/C11H15N3O2/c1-16-10(15)5-11(12)4-2-3-9-8(11)6-13-7-14-9/h6-7H,2-5,12H2,1H3. The summed E-state index contributed by atoms with van der Waals surface area (Å²) in [5.41, 5.74) is 7.43. The Balaban J connectivity index is 2.32. The van der Waals surface area contributed by atoms with Gasteiger partial charge in [-0.2, -0.15) is 0 Å². The Hall–Kier alpha value is -1.49. The fourth-order valence-corrected chi connectivity index (χ4v) is 2.19. The van der Waals surface area contributed by atoms with Gasteiger partial charge in [0.05, 0.1) is 19.1 Å². The molecule has 2 N–H and O–H groups in total. The molecule has 0 spiro atoms. The van der Waals surface area contributed by atoms with E-state index >= 15 is 0 Å². The van der Waals surface area contributed by atoms with Crippen LogP contribution < -0.4 is 5.73 Å². The molecule has 1 aromatic rings. The molecule has 86 valence electrons. The molecule has 0 aromatic carbocycles. The number of nitrogens with zero attached hydrogens (tertiary/aromatic N) is 2. The Labute approximate surface area is 94.0 Å². The van der Waals surface area contributed by atoms with E-state index in [4.69, 9.17) is 5.73 Å². The van der Waals surface area contributed by atoms with Crippen molar-refractivity contribution in [3.63, 3.8) is 0 Å². The van der Waals surface area contributed by atoms with E-state index in [1.165, 1.54) is 13.4 Å². The van der Waals surface area contributed by atoms with Crippen LogP contribution in [0.3, 0.4) is 0 Å². The molecule has 0 radical (unpaired) electrons. The van der Waals surface area contributed by atoms with Crippen LogP contribution in [0.2, 0.25) is 0 Å². The van der Waals surface area contributed by atoms with Gasteiger partial charge >= 0.3 is 5.97 Å². The highest BCUT2D eigenvalue weighted by Gasteiger charge is 2.36. The zero-order chi connectivity index (χ0) is 11.6. The first-order chi connectivity index (χ1) is 7.65. The average Bonchev–Trinajstić information content (AvgIpc) is 2.29. The maximum absolute atomic E-state index is 11.4. The molecule has 0 aliphatic heterocycles. The number of nitrogens with two attached hydrogens (primary N) is 1. The predicted molar refractivity (Wildman–Crippen MR) is 57.5 cm³/mol. The lowest BCUT2D eigenvalue weighted by Gasteiger charge is -2.33. The van der Waals surface area contributed by atoms with E-state index in [1.807, 2.05) is 0 Å². The summed E-state index contributed by atoms with van der Waals surface area (Å²) in [5, 5.41) is 0. The van der Waals surface area contributed by atoms with E-state index in [2.05, 4.69) is 14.7 Å². The summed E-state index contributed by atoms with van der Waals surface area (Å²) in [5.74, 6) is -0.292. The quantitative estimate of drug-likeness (QED) is 0.737. The van der Waals surface area contributed by atoms with E-state index in [-0.39, 0.29) is 12.4 Å². The van der Waals surface area contributed by atoms with E-state index in [0.717, 1.165) is 30.5 Å². The maximum atomic E-state index is 11.4. The van der Waals surface area contributed by atoms with Gasteiger partial charge in [-0.3, -0.25) is 4.79 Å². The van der Waals surface area contributed by atoms with Crippen LogP contribution >= 0.6 is 0 Å². The molecule has 0 saturated carbocycles. The number of carbonyl (C=O) groups is 1. The van der Waals surface area contributed by atoms with Crippen molar-refractivity contribution in [2.75, 3.05) is 7.11 Å². The number of rotatable bonds is 2. The van der Waals surface area contributed by atoms with Gasteiger partial charge in [-0.05, 0) is 19.3 Å². The minimum Gasteiger partial charge on any atom is -0.469 e. The normalized spacial score (nSPS) is 23.6. The number of fused-ring (bicyclic) bond motifs is 1. The molecule has 1 unspecified atom stereocenters. The predicted octanol–water partition coefficient (Wildman–Crippen LogP) is 0.530. The third kappa shape index (κ3) is 1.90. The Bertz CT molecular complexity index is 408. The fraction of sp³-hybridized carbons (Fsp3) is 0.545. The molecule has 1 aliphatic rings. The molecule has 0 saturated heterocycles. The lowest BCUT2D eigenvalue weighted by atomic mass is 9.78. The topological polar surface area (TPSA) is 78.1 Å². The number of hydrogen-bond acceptors (Lipinski definition) is 5. The Kier molecular flexibility index (Phi) is 2.87. The van der Waals surface area contributed by atoms with Crippen molar-refractivity contribution < 1.29 is 9.53 Å². The maximum Gasteiger partial charge on any atom is 0.307 e. The van der Waals surface area contributed by atoms with Gasteiger partial charge in [0.2, 0.25) is 0 Å². The first kappa shape index (κ1) is 11.0. The van der Waals surface area contributed by atoms with E-state index in [1.54, 1.807) is 6.20 Å². The third-order valence-electron chi connectivity index (χ3n) is 3.06.